The Morgan fingerprint density at radius 2 is 1.95 bits per heavy atom. The zero-order valence-corrected chi connectivity index (χ0v) is 12.8. The Labute approximate surface area is 126 Å². The Morgan fingerprint density at radius 3 is 2.62 bits per heavy atom. The lowest BCUT2D eigenvalue weighted by molar-refractivity contribution is 0.146. The lowest BCUT2D eigenvalue weighted by Gasteiger charge is -2.21. The number of benzene rings is 1. The summed E-state index contributed by atoms with van der Waals surface area (Å²) < 4.78 is 20.3. The molecule has 21 heavy (non-hydrogen) atoms. The molecule has 2 aromatic rings. The van der Waals surface area contributed by atoms with Gasteiger partial charge in [0.1, 0.15) is 5.82 Å². The fourth-order valence-electron chi connectivity index (χ4n) is 2.33. The van der Waals surface area contributed by atoms with Gasteiger partial charge >= 0.3 is 0 Å². The minimum absolute atomic E-state index is 0.191. The molecule has 0 bridgehead atoms. The van der Waals surface area contributed by atoms with Crippen molar-refractivity contribution in [3.05, 3.63) is 59.7 Å². The summed E-state index contributed by atoms with van der Waals surface area (Å²) in [7, 11) is 1.73. The Kier molecular flexibility index (Phi) is 5.96. The van der Waals surface area contributed by atoms with Crippen LogP contribution in [-0.4, -0.2) is 36.3 Å². The third-order valence-electron chi connectivity index (χ3n) is 3.63. The molecular formula is C17H23FN2O. The topological polar surface area (TPSA) is 17.4 Å². The fraction of sp³-hybridized carbons (Fsp3) is 0.412. The number of likely N-dealkylation sites (N-methyl/N-ethyl adjacent to an activating group) is 1. The standard InChI is InChI=1S/C17H23FN2O/c1-3-19(11-12-21-2)14-17-5-4-10-20(17)13-15-6-8-16(18)9-7-15/h4-10H,3,11-14H2,1-2H3. The predicted octanol–water partition coefficient (Wildman–Crippen LogP) is 3.14. The average Bonchev–Trinajstić information content (AvgIpc) is 2.93. The van der Waals surface area contributed by atoms with Crippen LogP contribution in [0, 0.1) is 5.82 Å². The van der Waals surface area contributed by atoms with Crippen molar-refractivity contribution in [2.45, 2.75) is 20.0 Å². The first kappa shape index (κ1) is 15.7. The normalized spacial score (nSPS) is 11.2. The molecule has 0 saturated heterocycles. The average molecular weight is 290 g/mol. The summed E-state index contributed by atoms with van der Waals surface area (Å²) in [6.07, 6.45) is 2.07. The summed E-state index contributed by atoms with van der Waals surface area (Å²) in [5.74, 6) is -0.191. The molecule has 4 heteroatoms. The first-order valence-corrected chi connectivity index (χ1v) is 7.32. The second-order valence-electron chi connectivity index (χ2n) is 5.12. The van der Waals surface area contributed by atoms with Crippen LogP contribution >= 0.6 is 0 Å². The summed E-state index contributed by atoms with van der Waals surface area (Å²) in [6, 6.07) is 10.9. The second kappa shape index (κ2) is 7.96. The molecule has 0 aliphatic carbocycles. The van der Waals surface area contributed by atoms with E-state index in [9.17, 15) is 4.39 Å². The van der Waals surface area contributed by atoms with Crippen molar-refractivity contribution in [1.82, 2.24) is 9.47 Å². The Hall–Kier alpha value is -1.65. The Morgan fingerprint density at radius 1 is 1.19 bits per heavy atom. The Bertz CT molecular complexity index is 536. The molecule has 0 unspecified atom stereocenters. The van der Waals surface area contributed by atoms with Crippen molar-refractivity contribution >= 4 is 0 Å². The molecule has 2 rings (SSSR count). The molecule has 0 N–H and O–H groups in total. The third kappa shape index (κ3) is 4.69. The van der Waals surface area contributed by atoms with Crippen LogP contribution in [0.2, 0.25) is 0 Å². The van der Waals surface area contributed by atoms with Gasteiger partial charge in [0, 0.05) is 38.6 Å². The first-order chi connectivity index (χ1) is 10.2. The molecule has 3 nitrogen and oxygen atoms in total. The maximum absolute atomic E-state index is 13.0. The smallest absolute Gasteiger partial charge is 0.123 e. The predicted molar refractivity (Wildman–Crippen MR) is 82.8 cm³/mol. The van der Waals surface area contributed by atoms with Gasteiger partial charge in [-0.3, -0.25) is 4.90 Å². The van der Waals surface area contributed by atoms with E-state index in [2.05, 4.69) is 34.7 Å². The minimum Gasteiger partial charge on any atom is -0.383 e. The van der Waals surface area contributed by atoms with E-state index in [-0.39, 0.29) is 5.82 Å². The highest BCUT2D eigenvalue weighted by Gasteiger charge is 2.07. The molecule has 0 spiro atoms. The molecule has 114 valence electrons. The van der Waals surface area contributed by atoms with Gasteiger partial charge in [0.2, 0.25) is 0 Å². The second-order valence-corrected chi connectivity index (χ2v) is 5.12. The number of ether oxygens (including phenoxy) is 1. The highest BCUT2D eigenvalue weighted by molar-refractivity contribution is 5.18. The molecule has 1 aromatic carbocycles. The number of methoxy groups -OCH3 is 1. The summed E-state index contributed by atoms with van der Waals surface area (Å²) >= 11 is 0. The van der Waals surface area contributed by atoms with Gasteiger partial charge in [-0.15, -0.1) is 0 Å². The van der Waals surface area contributed by atoms with Crippen molar-refractivity contribution < 1.29 is 9.13 Å². The zero-order chi connectivity index (χ0) is 15.1. The monoisotopic (exact) mass is 290 g/mol. The van der Waals surface area contributed by atoms with E-state index in [0.29, 0.717) is 0 Å². The summed E-state index contributed by atoms with van der Waals surface area (Å²) in [4.78, 5) is 2.35. The van der Waals surface area contributed by atoms with E-state index < -0.39 is 0 Å². The van der Waals surface area contributed by atoms with E-state index in [4.69, 9.17) is 4.74 Å². The quantitative estimate of drug-likeness (QED) is 0.743. The summed E-state index contributed by atoms with van der Waals surface area (Å²) in [5.41, 5.74) is 2.37. The van der Waals surface area contributed by atoms with Gasteiger partial charge in [-0.25, -0.2) is 4.39 Å². The summed E-state index contributed by atoms with van der Waals surface area (Å²) in [5, 5.41) is 0. The SMILES string of the molecule is CCN(CCOC)Cc1cccn1Cc1ccc(F)cc1. The molecule has 0 aliphatic rings. The number of aromatic nitrogens is 1. The van der Waals surface area contributed by atoms with Crippen LogP contribution < -0.4 is 0 Å². The molecule has 0 atom stereocenters. The van der Waals surface area contributed by atoms with Crippen molar-refractivity contribution in [3.8, 4) is 0 Å². The maximum atomic E-state index is 13.0. The number of rotatable bonds is 8. The number of halogens is 1. The van der Waals surface area contributed by atoms with Gasteiger partial charge in [0.15, 0.2) is 0 Å². The molecule has 0 radical (unpaired) electrons. The van der Waals surface area contributed by atoms with Crippen LogP contribution in [0.4, 0.5) is 4.39 Å². The molecule has 0 aliphatic heterocycles. The van der Waals surface area contributed by atoms with Gasteiger partial charge < -0.3 is 9.30 Å². The van der Waals surface area contributed by atoms with Crippen LogP contribution in [0.5, 0.6) is 0 Å². The van der Waals surface area contributed by atoms with E-state index in [1.54, 1.807) is 7.11 Å². The molecule has 0 fully saturated rings. The van der Waals surface area contributed by atoms with Crippen LogP contribution in [0.15, 0.2) is 42.6 Å². The van der Waals surface area contributed by atoms with Gasteiger partial charge in [0.05, 0.1) is 6.61 Å². The van der Waals surface area contributed by atoms with Gasteiger partial charge in [-0.05, 0) is 36.4 Å². The number of hydrogen-bond acceptors (Lipinski definition) is 2. The third-order valence-corrected chi connectivity index (χ3v) is 3.63. The van der Waals surface area contributed by atoms with Crippen molar-refractivity contribution in [3.63, 3.8) is 0 Å². The zero-order valence-electron chi connectivity index (χ0n) is 12.8. The summed E-state index contributed by atoms with van der Waals surface area (Å²) in [6.45, 7) is 6.48. The lowest BCUT2D eigenvalue weighted by Crippen LogP contribution is -2.27. The lowest BCUT2D eigenvalue weighted by atomic mass is 10.2. The van der Waals surface area contributed by atoms with E-state index in [1.165, 1.54) is 17.8 Å². The van der Waals surface area contributed by atoms with Gasteiger partial charge in [-0.1, -0.05) is 19.1 Å². The Balaban J connectivity index is 2.02. The molecule has 0 saturated carbocycles. The molecule has 1 heterocycles. The van der Waals surface area contributed by atoms with Crippen molar-refractivity contribution in [2.75, 3.05) is 26.8 Å². The van der Waals surface area contributed by atoms with Crippen LogP contribution in [0.25, 0.3) is 0 Å². The molecule has 0 amide bonds. The van der Waals surface area contributed by atoms with Crippen LogP contribution in [0.3, 0.4) is 0 Å². The maximum Gasteiger partial charge on any atom is 0.123 e. The largest absolute Gasteiger partial charge is 0.383 e. The molecule has 1 aromatic heterocycles. The van der Waals surface area contributed by atoms with E-state index in [0.717, 1.165) is 38.3 Å². The fourth-order valence-corrected chi connectivity index (χ4v) is 2.33. The highest BCUT2D eigenvalue weighted by Crippen LogP contribution is 2.11. The van der Waals surface area contributed by atoms with Crippen molar-refractivity contribution in [2.24, 2.45) is 0 Å². The number of nitrogens with zero attached hydrogens (tertiary/aromatic N) is 2. The highest BCUT2D eigenvalue weighted by atomic mass is 19.1. The van der Waals surface area contributed by atoms with Crippen LogP contribution in [0.1, 0.15) is 18.2 Å². The van der Waals surface area contributed by atoms with Crippen LogP contribution in [-0.2, 0) is 17.8 Å². The van der Waals surface area contributed by atoms with Gasteiger partial charge in [0.25, 0.3) is 0 Å². The molecular weight excluding hydrogens is 267 g/mol. The van der Waals surface area contributed by atoms with E-state index in [1.807, 2.05) is 12.1 Å². The van der Waals surface area contributed by atoms with Crippen molar-refractivity contribution in [1.29, 1.82) is 0 Å². The van der Waals surface area contributed by atoms with Gasteiger partial charge in [-0.2, -0.15) is 0 Å². The van der Waals surface area contributed by atoms with E-state index >= 15 is 0 Å². The first-order valence-electron chi connectivity index (χ1n) is 7.32. The minimum atomic E-state index is -0.191. The number of hydrogen-bond donors (Lipinski definition) is 0.